The van der Waals surface area contributed by atoms with Gasteiger partial charge in [-0.25, -0.2) is 4.98 Å². The Morgan fingerprint density at radius 3 is 2.79 bits per heavy atom. The molecule has 2 amide bonds. The Kier molecular flexibility index (Phi) is 5.09. The molecule has 1 aromatic heterocycles. The van der Waals surface area contributed by atoms with E-state index in [1.807, 2.05) is 55.5 Å². The molecule has 144 valence electrons. The van der Waals surface area contributed by atoms with Crippen LogP contribution < -0.4 is 10.2 Å². The number of thioether (sulfide) groups is 1. The minimum absolute atomic E-state index is 0.0313. The van der Waals surface area contributed by atoms with Crippen molar-refractivity contribution in [3.05, 3.63) is 48.5 Å². The van der Waals surface area contributed by atoms with E-state index < -0.39 is 0 Å². The van der Waals surface area contributed by atoms with Gasteiger partial charge in [0.2, 0.25) is 11.8 Å². The number of para-hydroxylation sites is 4. The normalized spacial score (nSPS) is 16.6. The molecule has 28 heavy (non-hydrogen) atoms. The standard InChI is InChI=1S/C21H22N4O2S/c1-3-24-17-10-6-4-8-15(17)23-21(24)28-13-20(27)25-14(2)12-19(26)22-16-9-5-7-11-18(16)25/h4-11,14H,3,12-13H2,1-2H3,(H,22,26)/t14-/m0/s1. The quantitative estimate of drug-likeness (QED) is 0.681. The molecule has 0 spiro atoms. The van der Waals surface area contributed by atoms with Crippen LogP contribution in [0, 0.1) is 0 Å². The van der Waals surface area contributed by atoms with Crippen molar-refractivity contribution < 1.29 is 9.59 Å². The second-order valence-corrected chi connectivity index (χ2v) is 7.74. The summed E-state index contributed by atoms with van der Waals surface area (Å²) in [6.45, 7) is 4.77. The number of anilines is 2. The van der Waals surface area contributed by atoms with Gasteiger partial charge in [0.15, 0.2) is 5.16 Å². The minimum atomic E-state index is -0.207. The molecule has 1 N–H and O–H groups in total. The summed E-state index contributed by atoms with van der Waals surface area (Å²) in [6.07, 6.45) is 0.276. The van der Waals surface area contributed by atoms with Crippen molar-refractivity contribution in [3.63, 3.8) is 0 Å². The average molecular weight is 395 g/mol. The topological polar surface area (TPSA) is 67.2 Å². The number of nitrogens with zero attached hydrogens (tertiary/aromatic N) is 3. The summed E-state index contributed by atoms with van der Waals surface area (Å²) in [5.41, 5.74) is 3.43. The summed E-state index contributed by atoms with van der Waals surface area (Å²) < 4.78 is 2.12. The molecule has 2 aromatic carbocycles. The van der Waals surface area contributed by atoms with Gasteiger partial charge in [-0.1, -0.05) is 36.0 Å². The molecule has 0 unspecified atom stereocenters. The van der Waals surface area contributed by atoms with E-state index in [0.29, 0.717) is 5.69 Å². The second-order valence-electron chi connectivity index (χ2n) is 6.80. The van der Waals surface area contributed by atoms with Gasteiger partial charge in [-0.15, -0.1) is 0 Å². The first-order valence-electron chi connectivity index (χ1n) is 9.37. The highest BCUT2D eigenvalue weighted by Crippen LogP contribution is 2.32. The van der Waals surface area contributed by atoms with Gasteiger partial charge in [0, 0.05) is 19.0 Å². The van der Waals surface area contributed by atoms with Crippen LogP contribution in [0.25, 0.3) is 11.0 Å². The fourth-order valence-electron chi connectivity index (χ4n) is 3.63. The SMILES string of the molecule is CCn1c(SCC(=O)N2c3ccccc3NC(=O)C[C@@H]2C)nc2ccccc21. The first-order valence-corrected chi connectivity index (χ1v) is 10.4. The second kappa shape index (κ2) is 7.67. The number of nitrogens with one attached hydrogen (secondary N) is 1. The highest BCUT2D eigenvalue weighted by atomic mass is 32.2. The maximum absolute atomic E-state index is 13.1. The van der Waals surface area contributed by atoms with Gasteiger partial charge >= 0.3 is 0 Å². The molecule has 7 heteroatoms. The maximum Gasteiger partial charge on any atom is 0.237 e. The number of carbonyl (C=O) groups is 2. The van der Waals surface area contributed by atoms with Crippen molar-refractivity contribution in [1.82, 2.24) is 9.55 Å². The molecule has 4 rings (SSSR count). The molecule has 0 saturated heterocycles. The number of hydrogen-bond acceptors (Lipinski definition) is 4. The zero-order valence-electron chi connectivity index (χ0n) is 15.9. The zero-order chi connectivity index (χ0) is 19.7. The van der Waals surface area contributed by atoms with Crippen LogP contribution in [0.4, 0.5) is 11.4 Å². The predicted octanol–water partition coefficient (Wildman–Crippen LogP) is 3.91. The van der Waals surface area contributed by atoms with Crippen LogP contribution >= 0.6 is 11.8 Å². The van der Waals surface area contributed by atoms with Crippen molar-refractivity contribution in [3.8, 4) is 0 Å². The van der Waals surface area contributed by atoms with Crippen molar-refractivity contribution in [2.75, 3.05) is 16.0 Å². The lowest BCUT2D eigenvalue weighted by molar-refractivity contribution is -0.117. The molecular formula is C21H22N4O2S. The smallest absolute Gasteiger partial charge is 0.237 e. The third-order valence-corrected chi connectivity index (χ3v) is 5.85. The lowest BCUT2D eigenvalue weighted by atomic mass is 10.2. The zero-order valence-corrected chi connectivity index (χ0v) is 16.7. The van der Waals surface area contributed by atoms with Gasteiger partial charge in [0.05, 0.1) is 28.2 Å². The summed E-state index contributed by atoms with van der Waals surface area (Å²) in [6, 6.07) is 15.2. The van der Waals surface area contributed by atoms with Crippen molar-refractivity contribution >= 4 is 46.0 Å². The predicted molar refractivity (Wildman–Crippen MR) is 113 cm³/mol. The van der Waals surface area contributed by atoms with E-state index >= 15 is 0 Å². The summed E-state index contributed by atoms with van der Waals surface area (Å²) in [5.74, 6) is 0.155. The van der Waals surface area contributed by atoms with E-state index in [1.54, 1.807) is 4.90 Å². The lowest BCUT2D eigenvalue weighted by Gasteiger charge is -2.27. The van der Waals surface area contributed by atoms with E-state index in [2.05, 4.69) is 21.8 Å². The highest BCUT2D eigenvalue weighted by molar-refractivity contribution is 7.99. The Morgan fingerprint density at radius 2 is 1.96 bits per heavy atom. The fraction of sp³-hybridized carbons (Fsp3) is 0.286. The number of imidazole rings is 1. The van der Waals surface area contributed by atoms with Crippen LogP contribution in [0.3, 0.4) is 0 Å². The summed E-state index contributed by atoms with van der Waals surface area (Å²) >= 11 is 1.44. The number of amides is 2. The number of aromatic nitrogens is 2. The largest absolute Gasteiger partial charge is 0.324 e. The summed E-state index contributed by atoms with van der Waals surface area (Å²) in [7, 11) is 0. The number of benzene rings is 2. The van der Waals surface area contributed by atoms with Gasteiger partial charge in [0.1, 0.15) is 0 Å². The third-order valence-electron chi connectivity index (χ3n) is 4.89. The Bertz CT molecular complexity index is 1050. The minimum Gasteiger partial charge on any atom is -0.324 e. The molecule has 1 aliphatic rings. The molecule has 0 saturated carbocycles. The first-order chi connectivity index (χ1) is 13.6. The number of aryl methyl sites for hydroxylation is 1. The Morgan fingerprint density at radius 1 is 1.21 bits per heavy atom. The monoisotopic (exact) mass is 394 g/mol. The molecule has 0 radical (unpaired) electrons. The number of carbonyl (C=O) groups excluding carboxylic acids is 2. The van der Waals surface area contributed by atoms with Crippen LogP contribution in [-0.4, -0.2) is 33.2 Å². The van der Waals surface area contributed by atoms with Gasteiger partial charge in [-0.2, -0.15) is 0 Å². The van der Waals surface area contributed by atoms with Gasteiger partial charge in [0.25, 0.3) is 0 Å². The molecule has 0 bridgehead atoms. The maximum atomic E-state index is 13.1. The van der Waals surface area contributed by atoms with Gasteiger partial charge < -0.3 is 14.8 Å². The van der Waals surface area contributed by atoms with E-state index in [9.17, 15) is 9.59 Å². The first kappa shape index (κ1) is 18.6. The van der Waals surface area contributed by atoms with Crippen LogP contribution in [0.1, 0.15) is 20.3 Å². The van der Waals surface area contributed by atoms with Crippen molar-refractivity contribution in [2.45, 2.75) is 38.0 Å². The molecule has 1 aliphatic heterocycles. The summed E-state index contributed by atoms with van der Waals surface area (Å²) in [5, 5.41) is 3.73. The third kappa shape index (κ3) is 3.38. The van der Waals surface area contributed by atoms with Gasteiger partial charge in [-0.3, -0.25) is 9.59 Å². The van der Waals surface area contributed by atoms with E-state index in [1.165, 1.54) is 11.8 Å². The van der Waals surface area contributed by atoms with Crippen LogP contribution in [-0.2, 0) is 16.1 Å². The molecule has 6 nitrogen and oxygen atoms in total. The number of rotatable bonds is 4. The Hall–Kier alpha value is -2.80. The van der Waals surface area contributed by atoms with E-state index in [4.69, 9.17) is 0 Å². The van der Waals surface area contributed by atoms with Gasteiger partial charge in [-0.05, 0) is 38.1 Å². The van der Waals surface area contributed by atoms with E-state index in [0.717, 1.165) is 28.4 Å². The average Bonchev–Trinajstić information content (AvgIpc) is 2.98. The number of hydrogen-bond donors (Lipinski definition) is 1. The number of fused-ring (bicyclic) bond motifs is 2. The fourth-order valence-corrected chi connectivity index (χ4v) is 4.57. The van der Waals surface area contributed by atoms with Crippen LogP contribution in [0.5, 0.6) is 0 Å². The lowest BCUT2D eigenvalue weighted by Crippen LogP contribution is -2.40. The summed E-state index contributed by atoms with van der Waals surface area (Å²) in [4.78, 5) is 31.7. The van der Waals surface area contributed by atoms with Crippen LogP contribution in [0.15, 0.2) is 53.7 Å². The van der Waals surface area contributed by atoms with Crippen molar-refractivity contribution in [1.29, 1.82) is 0 Å². The molecule has 3 aromatic rings. The van der Waals surface area contributed by atoms with Crippen LogP contribution in [0.2, 0.25) is 0 Å². The molecule has 2 heterocycles. The Labute approximate surface area is 167 Å². The molecule has 1 atom stereocenters. The molecular weight excluding hydrogens is 372 g/mol. The highest BCUT2D eigenvalue weighted by Gasteiger charge is 2.29. The Balaban J connectivity index is 1.59. The van der Waals surface area contributed by atoms with E-state index in [-0.39, 0.29) is 30.0 Å². The molecule has 0 fully saturated rings. The van der Waals surface area contributed by atoms with Crippen molar-refractivity contribution in [2.24, 2.45) is 0 Å². The molecule has 0 aliphatic carbocycles.